The molecule has 8 heavy (non-hydrogen) atoms. The SMILES string of the molecule is C=CCNC(=O)CI. The van der Waals surface area contributed by atoms with Crippen LogP contribution in [0, 0.1) is 0 Å². The van der Waals surface area contributed by atoms with Crippen LogP contribution in [0.1, 0.15) is 0 Å². The van der Waals surface area contributed by atoms with Gasteiger partial charge in [-0.05, 0) is 0 Å². The van der Waals surface area contributed by atoms with E-state index in [0.29, 0.717) is 11.0 Å². The largest absolute Gasteiger partial charge is 0.352 e. The number of rotatable bonds is 3. The molecule has 3 heteroatoms. The molecule has 2 nitrogen and oxygen atoms in total. The van der Waals surface area contributed by atoms with Gasteiger partial charge >= 0.3 is 0 Å². The molecule has 1 N–H and O–H groups in total. The van der Waals surface area contributed by atoms with E-state index in [1.165, 1.54) is 0 Å². The number of alkyl halides is 1. The molecule has 0 aromatic carbocycles. The lowest BCUT2D eigenvalue weighted by atomic mass is 10.6. The topological polar surface area (TPSA) is 29.1 Å². The third kappa shape index (κ3) is 4.11. The van der Waals surface area contributed by atoms with Crippen LogP contribution in [0.4, 0.5) is 0 Å². The van der Waals surface area contributed by atoms with Gasteiger partial charge in [0.05, 0.1) is 4.43 Å². The van der Waals surface area contributed by atoms with Gasteiger partial charge in [-0.2, -0.15) is 0 Å². The van der Waals surface area contributed by atoms with E-state index in [9.17, 15) is 4.79 Å². The van der Waals surface area contributed by atoms with Gasteiger partial charge in [0, 0.05) is 6.54 Å². The molecule has 0 aliphatic heterocycles. The molecule has 0 aliphatic carbocycles. The number of nitrogens with one attached hydrogen (secondary N) is 1. The van der Waals surface area contributed by atoms with Crippen LogP contribution >= 0.6 is 22.6 Å². The first-order valence-corrected chi connectivity index (χ1v) is 3.77. The highest BCUT2D eigenvalue weighted by molar-refractivity contribution is 14.1. The fraction of sp³-hybridized carbons (Fsp3) is 0.400. The van der Waals surface area contributed by atoms with Crippen molar-refractivity contribution < 1.29 is 4.79 Å². The number of carbonyl (C=O) groups is 1. The maximum absolute atomic E-state index is 10.4. The Balaban J connectivity index is 3.11. The van der Waals surface area contributed by atoms with Gasteiger partial charge in [0.25, 0.3) is 0 Å². The summed E-state index contributed by atoms with van der Waals surface area (Å²) < 4.78 is 0.519. The molecule has 0 saturated carbocycles. The van der Waals surface area contributed by atoms with Gasteiger partial charge in [-0.3, -0.25) is 4.79 Å². The first-order chi connectivity index (χ1) is 3.81. The van der Waals surface area contributed by atoms with Crippen LogP contribution in [0.15, 0.2) is 12.7 Å². The molecule has 0 aromatic heterocycles. The molecule has 46 valence electrons. The van der Waals surface area contributed by atoms with Gasteiger partial charge in [0.15, 0.2) is 0 Å². The van der Waals surface area contributed by atoms with Crippen molar-refractivity contribution in [3.05, 3.63) is 12.7 Å². The second-order valence-electron chi connectivity index (χ2n) is 1.23. The molecule has 0 rings (SSSR count). The van der Waals surface area contributed by atoms with E-state index in [1.54, 1.807) is 6.08 Å². The molecule has 0 unspecified atom stereocenters. The van der Waals surface area contributed by atoms with Crippen molar-refractivity contribution in [1.29, 1.82) is 0 Å². The van der Waals surface area contributed by atoms with Crippen LogP contribution in [-0.2, 0) is 4.79 Å². The van der Waals surface area contributed by atoms with Crippen LogP contribution in [-0.4, -0.2) is 16.9 Å². The van der Waals surface area contributed by atoms with E-state index < -0.39 is 0 Å². The Kier molecular flexibility index (Phi) is 5.05. The van der Waals surface area contributed by atoms with Gasteiger partial charge in [-0.25, -0.2) is 0 Å². The molecule has 0 aromatic rings. The minimum atomic E-state index is 0.0606. The normalized spacial score (nSPS) is 8.12. The molecule has 0 atom stereocenters. The lowest BCUT2D eigenvalue weighted by Gasteiger charge is -1.94. The molecule has 1 amide bonds. The average molecular weight is 225 g/mol. The third-order valence-corrected chi connectivity index (χ3v) is 1.26. The average Bonchev–Trinajstić information content (AvgIpc) is 1.83. The third-order valence-electron chi connectivity index (χ3n) is 0.565. The van der Waals surface area contributed by atoms with Crippen LogP contribution in [0.5, 0.6) is 0 Å². The standard InChI is InChI=1S/C5H8INO/c1-2-3-7-5(8)4-6/h2H,1,3-4H2,(H,7,8). The molecule has 0 bridgehead atoms. The van der Waals surface area contributed by atoms with E-state index in [4.69, 9.17) is 0 Å². The Morgan fingerprint density at radius 1 is 1.88 bits per heavy atom. The molecule has 0 heterocycles. The van der Waals surface area contributed by atoms with E-state index in [1.807, 2.05) is 22.6 Å². The second-order valence-corrected chi connectivity index (χ2v) is 1.99. The first kappa shape index (κ1) is 7.94. The lowest BCUT2D eigenvalue weighted by Crippen LogP contribution is -2.23. The Morgan fingerprint density at radius 2 is 2.50 bits per heavy atom. The quantitative estimate of drug-likeness (QED) is 0.428. The fourth-order valence-corrected chi connectivity index (χ4v) is 0.503. The predicted octanol–water partition coefficient (Wildman–Crippen LogP) is 0.724. The van der Waals surface area contributed by atoms with Gasteiger partial charge in [-0.1, -0.05) is 28.7 Å². The zero-order chi connectivity index (χ0) is 6.41. The van der Waals surface area contributed by atoms with E-state index >= 15 is 0 Å². The number of amides is 1. The zero-order valence-corrected chi connectivity index (χ0v) is 6.64. The van der Waals surface area contributed by atoms with Crippen molar-refractivity contribution in [2.75, 3.05) is 11.0 Å². The summed E-state index contributed by atoms with van der Waals surface area (Å²) in [5.74, 6) is 0.0606. The Morgan fingerprint density at radius 3 is 2.88 bits per heavy atom. The van der Waals surface area contributed by atoms with Crippen molar-refractivity contribution in [1.82, 2.24) is 5.32 Å². The number of hydrogen-bond acceptors (Lipinski definition) is 1. The Hall–Kier alpha value is -0.0600. The summed E-state index contributed by atoms with van der Waals surface area (Å²) in [6.07, 6.45) is 1.66. The highest BCUT2D eigenvalue weighted by atomic mass is 127. The molecule has 0 radical (unpaired) electrons. The Bertz CT molecular complexity index is 92.4. The van der Waals surface area contributed by atoms with Crippen molar-refractivity contribution >= 4 is 28.5 Å². The number of carbonyl (C=O) groups excluding carboxylic acids is 1. The highest BCUT2D eigenvalue weighted by Gasteiger charge is 1.90. The van der Waals surface area contributed by atoms with Gasteiger partial charge in [-0.15, -0.1) is 6.58 Å². The summed E-state index contributed by atoms with van der Waals surface area (Å²) in [5.41, 5.74) is 0. The minimum absolute atomic E-state index is 0.0606. The molecule has 0 aliphatic rings. The summed E-state index contributed by atoms with van der Waals surface area (Å²) >= 11 is 2.01. The second kappa shape index (κ2) is 5.08. The number of hydrogen-bond donors (Lipinski definition) is 1. The van der Waals surface area contributed by atoms with Crippen LogP contribution < -0.4 is 5.32 Å². The van der Waals surface area contributed by atoms with Gasteiger partial charge in [0.1, 0.15) is 0 Å². The van der Waals surface area contributed by atoms with Crippen molar-refractivity contribution in [3.63, 3.8) is 0 Å². The minimum Gasteiger partial charge on any atom is -0.352 e. The van der Waals surface area contributed by atoms with E-state index in [2.05, 4.69) is 11.9 Å². The van der Waals surface area contributed by atoms with Gasteiger partial charge in [0.2, 0.25) is 5.91 Å². The molecule has 0 fully saturated rings. The fourth-order valence-electron chi connectivity index (χ4n) is 0.233. The van der Waals surface area contributed by atoms with Crippen molar-refractivity contribution in [3.8, 4) is 0 Å². The Labute approximate surface area is 62.5 Å². The van der Waals surface area contributed by atoms with Crippen molar-refractivity contribution in [2.45, 2.75) is 0 Å². The number of halogens is 1. The smallest absolute Gasteiger partial charge is 0.230 e. The zero-order valence-electron chi connectivity index (χ0n) is 4.48. The van der Waals surface area contributed by atoms with Crippen molar-refractivity contribution in [2.24, 2.45) is 0 Å². The molecule has 0 saturated heterocycles. The monoisotopic (exact) mass is 225 g/mol. The summed E-state index contributed by atoms with van der Waals surface area (Å²) in [6.45, 7) is 4.02. The van der Waals surface area contributed by atoms with Crippen LogP contribution in [0.2, 0.25) is 0 Å². The maximum Gasteiger partial charge on any atom is 0.230 e. The summed E-state index contributed by atoms with van der Waals surface area (Å²) in [6, 6.07) is 0. The highest BCUT2D eigenvalue weighted by Crippen LogP contribution is 1.77. The molecule has 0 spiro atoms. The molecular weight excluding hydrogens is 217 g/mol. The lowest BCUT2D eigenvalue weighted by molar-refractivity contribution is -0.118. The van der Waals surface area contributed by atoms with E-state index in [-0.39, 0.29) is 5.91 Å². The van der Waals surface area contributed by atoms with E-state index in [0.717, 1.165) is 0 Å². The summed E-state index contributed by atoms with van der Waals surface area (Å²) in [7, 11) is 0. The van der Waals surface area contributed by atoms with Crippen LogP contribution in [0.25, 0.3) is 0 Å². The van der Waals surface area contributed by atoms with Crippen LogP contribution in [0.3, 0.4) is 0 Å². The summed E-state index contributed by atoms with van der Waals surface area (Å²) in [5, 5.41) is 2.62. The first-order valence-electron chi connectivity index (χ1n) is 2.24. The summed E-state index contributed by atoms with van der Waals surface area (Å²) in [4.78, 5) is 10.4. The molecular formula is C5H8INO. The maximum atomic E-state index is 10.4. The van der Waals surface area contributed by atoms with Gasteiger partial charge < -0.3 is 5.32 Å². The predicted molar refractivity (Wildman–Crippen MR) is 42.1 cm³/mol.